The molecular formula is C16H21NOS. The number of thiophene rings is 1. The first kappa shape index (κ1) is 14.1. The van der Waals surface area contributed by atoms with Crippen molar-refractivity contribution in [2.75, 3.05) is 13.7 Å². The van der Waals surface area contributed by atoms with Crippen LogP contribution < -0.4 is 10.1 Å². The zero-order chi connectivity index (χ0) is 13.7. The number of likely N-dealkylation sites (N-methyl/N-ethyl adjacent to an activating group) is 1. The van der Waals surface area contributed by atoms with E-state index in [0.717, 1.165) is 18.7 Å². The summed E-state index contributed by atoms with van der Waals surface area (Å²) in [4.78, 5) is 0. The smallest absolute Gasteiger partial charge is 0.122 e. The molecule has 19 heavy (non-hydrogen) atoms. The highest BCUT2D eigenvalue weighted by molar-refractivity contribution is 7.08. The molecule has 0 spiro atoms. The highest BCUT2D eigenvalue weighted by Crippen LogP contribution is 2.28. The van der Waals surface area contributed by atoms with Crippen LogP contribution in [-0.2, 0) is 6.42 Å². The number of nitrogens with one attached hydrogen (secondary N) is 1. The Labute approximate surface area is 119 Å². The van der Waals surface area contributed by atoms with Crippen LogP contribution in [0.15, 0.2) is 35.0 Å². The Bertz CT molecular complexity index is 521. The zero-order valence-corrected chi connectivity index (χ0v) is 12.6. The van der Waals surface area contributed by atoms with Crippen LogP contribution in [0.25, 0.3) is 0 Å². The topological polar surface area (TPSA) is 21.3 Å². The summed E-state index contributed by atoms with van der Waals surface area (Å²) in [6, 6.07) is 8.61. The molecule has 0 bridgehead atoms. The molecule has 2 aromatic rings. The van der Waals surface area contributed by atoms with Crippen LogP contribution in [0.4, 0.5) is 0 Å². The van der Waals surface area contributed by atoms with Gasteiger partial charge in [0.25, 0.3) is 0 Å². The average molecular weight is 275 g/mol. The van der Waals surface area contributed by atoms with Gasteiger partial charge in [-0.2, -0.15) is 11.3 Å². The minimum absolute atomic E-state index is 0.354. The van der Waals surface area contributed by atoms with Crippen LogP contribution in [0.5, 0.6) is 5.75 Å². The van der Waals surface area contributed by atoms with Crippen LogP contribution in [0.3, 0.4) is 0 Å². The summed E-state index contributed by atoms with van der Waals surface area (Å²) in [5, 5.41) is 8.04. The SMILES string of the molecule is CCNC(Cc1ccccc1OC)c1cscc1C. The normalized spacial score (nSPS) is 12.4. The van der Waals surface area contributed by atoms with Gasteiger partial charge >= 0.3 is 0 Å². The second-order valence-electron chi connectivity index (χ2n) is 4.64. The number of hydrogen-bond donors (Lipinski definition) is 1. The van der Waals surface area contributed by atoms with Crippen LogP contribution in [-0.4, -0.2) is 13.7 Å². The first-order valence-corrected chi connectivity index (χ1v) is 7.58. The molecule has 0 saturated heterocycles. The van der Waals surface area contributed by atoms with Crippen LogP contribution in [0.2, 0.25) is 0 Å². The molecular weight excluding hydrogens is 254 g/mol. The van der Waals surface area contributed by atoms with Gasteiger partial charge in [-0.25, -0.2) is 0 Å². The first-order chi connectivity index (χ1) is 9.26. The summed E-state index contributed by atoms with van der Waals surface area (Å²) in [7, 11) is 1.73. The third kappa shape index (κ3) is 3.37. The summed E-state index contributed by atoms with van der Waals surface area (Å²) >= 11 is 1.77. The largest absolute Gasteiger partial charge is 0.496 e. The fourth-order valence-electron chi connectivity index (χ4n) is 2.36. The van der Waals surface area contributed by atoms with Gasteiger partial charge in [0.05, 0.1) is 7.11 Å². The van der Waals surface area contributed by atoms with Gasteiger partial charge in [-0.05, 0) is 53.4 Å². The molecule has 2 nitrogen and oxygen atoms in total. The van der Waals surface area contributed by atoms with E-state index in [0.29, 0.717) is 6.04 Å². The molecule has 3 heteroatoms. The first-order valence-electron chi connectivity index (χ1n) is 6.64. The quantitative estimate of drug-likeness (QED) is 0.861. The molecule has 1 unspecified atom stereocenters. The highest BCUT2D eigenvalue weighted by atomic mass is 32.1. The molecule has 0 fully saturated rings. The van der Waals surface area contributed by atoms with Crippen LogP contribution in [0, 0.1) is 6.92 Å². The number of rotatable bonds is 6. The number of methoxy groups -OCH3 is 1. The maximum Gasteiger partial charge on any atom is 0.122 e. The van der Waals surface area contributed by atoms with Gasteiger partial charge in [0.2, 0.25) is 0 Å². The lowest BCUT2D eigenvalue weighted by atomic mass is 9.98. The number of benzene rings is 1. The molecule has 0 amide bonds. The van der Waals surface area contributed by atoms with Crippen molar-refractivity contribution in [3.63, 3.8) is 0 Å². The predicted octanol–water partition coefficient (Wildman–Crippen LogP) is 3.96. The van der Waals surface area contributed by atoms with E-state index < -0.39 is 0 Å². The van der Waals surface area contributed by atoms with E-state index in [1.807, 2.05) is 12.1 Å². The van der Waals surface area contributed by atoms with E-state index in [9.17, 15) is 0 Å². The van der Waals surface area contributed by atoms with Crippen molar-refractivity contribution in [1.82, 2.24) is 5.32 Å². The number of aryl methyl sites for hydroxylation is 1. The maximum absolute atomic E-state index is 5.45. The third-order valence-electron chi connectivity index (χ3n) is 3.34. The van der Waals surface area contributed by atoms with E-state index in [-0.39, 0.29) is 0 Å². The standard InChI is InChI=1S/C16H21NOS/c1-4-17-15(14-11-19-10-12(14)2)9-13-7-5-6-8-16(13)18-3/h5-8,10-11,15,17H,4,9H2,1-3H3. The Morgan fingerprint density at radius 1 is 1.26 bits per heavy atom. The van der Waals surface area contributed by atoms with Gasteiger partial charge < -0.3 is 10.1 Å². The monoisotopic (exact) mass is 275 g/mol. The molecule has 2 rings (SSSR count). The molecule has 1 atom stereocenters. The average Bonchev–Trinajstić information content (AvgIpc) is 2.85. The van der Waals surface area contributed by atoms with E-state index in [1.165, 1.54) is 16.7 Å². The van der Waals surface area contributed by atoms with Gasteiger partial charge in [0.15, 0.2) is 0 Å². The summed E-state index contributed by atoms with van der Waals surface area (Å²) < 4.78 is 5.45. The van der Waals surface area contributed by atoms with E-state index >= 15 is 0 Å². The molecule has 0 saturated carbocycles. The van der Waals surface area contributed by atoms with E-state index in [2.05, 4.69) is 42.1 Å². The third-order valence-corrected chi connectivity index (χ3v) is 4.22. The van der Waals surface area contributed by atoms with Crippen LogP contribution >= 0.6 is 11.3 Å². The summed E-state index contributed by atoms with van der Waals surface area (Å²) in [5.41, 5.74) is 4.02. The second kappa shape index (κ2) is 6.73. The van der Waals surface area contributed by atoms with Gasteiger partial charge in [-0.3, -0.25) is 0 Å². The molecule has 1 aromatic heterocycles. The molecule has 0 aliphatic rings. The van der Waals surface area contributed by atoms with Crippen molar-refractivity contribution in [1.29, 1.82) is 0 Å². The number of para-hydroxylation sites is 1. The molecule has 1 heterocycles. The van der Waals surface area contributed by atoms with Gasteiger partial charge in [0, 0.05) is 6.04 Å². The van der Waals surface area contributed by atoms with Gasteiger partial charge in [-0.15, -0.1) is 0 Å². The lowest BCUT2D eigenvalue weighted by Gasteiger charge is -2.19. The Kier molecular flexibility index (Phi) is 5.00. The van der Waals surface area contributed by atoms with Crippen molar-refractivity contribution in [3.05, 3.63) is 51.7 Å². The van der Waals surface area contributed by atoms with Gasteiger partial charge in [0.1, 0.15) is 5.75 Å². The highest BCUT2D eigenvalue weighted by Gasteiger charge is 2.16. The van der Waals surface area contributed by atoms with Gasteiger partial charge in [-0.1, -0.05) is 25.1 Å². The second-order valence-corrected chi connectivity index (χ2v) is 5.38. The van der Waals surface area contributed by atoms with Crippen molar-refractivity contribution >= 4 is 11.3 Å². The van der Waals surface area contributed by atoms with Crippen molar-refractivity contribution in [2.45, 2.75) is 26.3 Å². The molecule has 102 valence electrons. The Morgan fingerprint density at radius 2 is 2.05 bits per heavy atom. The number of hydrogen-bond acceptors (Lipinski definition) is 3. The minimum Gasteiger partial charge on any atom is -0.496 e. The number of ether oxygens (including phenoxy) is 1. The summed E-state index contributed by atoms with van der Waals surface area (Å²) in [6.07, 6.45) is 0.954. The van der Waals surface area contributed by atoms with Crippen molar-refractivity contribution in [2.24, 2.45) is 0 Å². The lowest BCUT2D eigenvalue weighted by Crippen LogP contribution is -2.23. The molecule has 1 aromatic carbocycles. The molecule has 1 N–H and O–H groups in total. The lowest BCUT2D eigenvalue weighted by molar-refractivity contribution is 0.405. The molecule has 0 aliphatic heterocycles. The summed E-state index contributed by atoms with van der Waals surface area (Å²) in [5.74, 6) is 0.971. The van der Waals surface area contributed by atoms with Crippen molar-refractivity contribution in [3.8, 4) is 5.75 Å². The fraction of sp³-hybridized carbons (Fsp3) is 0.375. The predicted molar refractivity (Wildman–Crippen MR) is 82.2 cm³/mol. The van der Waals surface area contributed by atoms with Crippen LogP contribution in [0.1, 0.15) is 29.7 Å². The van der Waals surface area contributed by atoms with Crippen molar-refractivity contribution < 1.29 is 4.74 Å². The van der Waals surface area contributed by atoms with E-state index in [4.69, 9.17) is 4.74 Å². The minimum atomic E-state index is 0.354. The molecule has 0 radical (unpaired) electrons. The Balaban J connectivity index is 2.24. The van der Waals surface area contributed by atoms with E-state index in [1.54, 1.807) is 18.4 Å². The Hall–Kier alpha value is -1.32. The maximum atomic E-state index is 5.45. The Morgan fingerprint density at radius 3 is 2.68 bits per heavy atom. The summed E-state index contributed by atoms with van der Waals surface area (Å²) in [6.45, 7) is 5.30. The molecule has 0 aliphatic carbocycles. The zero-order valence-electron chi connectivity index (χ0n) is 11.8. The fourth-order valence-corrected chi connectivity index (χ4v) is 3.26.